The van der Waals surface area contributed by atoms with Crippen molar-refractivity contribution in [3.05, 3.63) is 35.1 Å². The summed E-state index contributed by atoms with van der Waals surface area (Å²) in [5, 5.41) is 0. The molecule has 0 aliphatic rings. The van der Waals surface area contributed by atoms with Crippen LogP contribution < -0.4 is 0 Å². The maximum atomic E-state index is 12.8. The van der Waals surface area contributed by atoms with Gasteiger partial charge in [-0.3, -0.25) is 4.99 Å². The van der Waals surface area contributed by atoms with E-state index in [1.807, 2.05) is 13.1 Å². The first-order chi connectivity index (χ1) is 6.59. The van der Waals surface area contributed by atoms with E-state index in [9.17, 15) is 4.39 Å². The standard InChI is InChI=1S/C12H16FN/c1-9(2)7-14-8-11-4-5-12(13)6-10(11)3/h4-6,8-9H,7H2,1-3H3/b14-8-. The average molecular weight is 193 g/mol. The van der Waals surface area contributed by atoms with E-state index in [0.717, 1.165) is 17.7 Å². The lowest BCUT2D eigenvalue weighted by atomic mass is 10.1. The maximum Gasteiger partial charge on any atom is 0.123 e. The molecule has 0 aromatic heterocycles. The highest BCUT2D eigenvalue weighted by atomic mass is 19.1. The molecule has 0 saturated heterocycles. The van der Waals surface area contributed by atoms with Crippen LogP contribution in [0.4, 0.5) is 4.39 Å². The van der Waals surface area contributed by atoms with Gasteiger partial charge in [0.25, 0.3) is 0 Å². The summed E-state index contributed by atoms with van der Waals surface area (Å²) in [6, 6.07) is 4.74. The van der Waals surface area contributed by atoms with Crippen molar-refractivity contribution in [2.24, 2.45) is 10.9 Å². The Kier molecular flexibility index (Phi) is 3.81. The molecule has 0 radical (unpaired) electrons. The quantitative estimate of drug-likeness (QED) is 0.654. The second kappa shape index (κ2) is 4.89. The van der Waals surface area contributed by atoms with E-state index in [1.54, 1.807) is 6.07 Å². The molecule has 1 aromatic rings. The SMILES string of the molecule is Cc1cc(F)ccc1/C=N\CC(C)C. The van der Waals surface area contributed by atoms with Crippen molar-refractivity contribution in [1.29, 1.82) is 0 Å². The molecule has 0 N–H and O–H groups in total. The van der Waals surface area contributed by atoms with Crippen LogP contribution in [0.3, 0.4) is 0 Å². The second-order valence-electron chi connectivity index (χ2n) is 3.89. The van der Waals surface area contributed by atoms with Crippen molar-refractivity contribution in [3.8, 4) is 0 Å². The average Bonchev–Trinajstić information content (AvgIpc) is 2.08. The highest BCUT2D eigenvalue weighted by molar-refractivity contribution is 5.81. The summed E-state index contributed by atoms with van der Waals surface area (Å²) in [5.74, 6) is 0.371. The Labute approximate surface area is 84.7 Å². The minimum absolute atomic E-state index is 0.191. The summed E-state index contributed by atoms with van der Waals surface area (Å²) >= 11 is 0. The zero-order valence-corrected chi connectivity index (χ0v) is 8.92. The summed E-state index contributed by atoms with van der Waals surface area (Å²) < 4.78 is 12.8. The lowest BCUT2D eigenvalue weighted by molar-refractivity contribution is 0.626. The van der Waals surface area contributed by atoms with Crippen LogP contribution in [0.15, 0.2) is 23.2 Å². The predicted molar refractivity (Wildman–Crippen MR) is 58.4 cm³/mol. The monoisotopic (exact) mass is 193 g/mol. The van der Waals surface area contributed by atoms with Crippen molar-refractivity contribution in [2.45, 2.75) is 20.8 Å². The van der Waals surface area contributed by atoms with Crippen LogP contribution >= 0.6 is 0 Å². The van der Waals surface area contributed by atoms with Crippen molar-refractivity contribution in [3.63, 3.8) is 0 Å². The van der Waals surface area contributed by atoms with Crippen LogP contribution in [-0.4, -0.2) is 12.8 Å². The Morgan fingerprint density at radius 3 is 2.71 bits per heavy atom. The van der Waals surface area contributed by atoms with Crippen molar-refractivity contribution in [1.82, 2.24) is 0 Å². The molecular formula is C12H16FN. The van der Waals surface area contributed by atoms with Gasteiger partial charge in [-0.2, -0.15) is 0 Å². The van der Waals surface area contributed by atoms with Crippen LogP contribution in [0.5, 0.6) is 0 Å². The van der Waals surface area contributed by atoms with Gasteiger partial charge >= 0.3 is 0 Å². The van der Waals surface area contributed by atoms with Crippen molar-refractivity contribution < 1.29 is 4.39 Å². The number of nitrogens with zero attached hydrogens (tertiary/aromatic N) is 1. The van der Waals surface area contributed by atoms with Crippen LogP contribution in [0.2, 0.25) is 0 Å². The van der Waals surface area contributed by atoms with E-state index in [1.165, 1.54) is 12.1 Å². The molecule has 0 amide bonds. The molecule has 0 spiro atoms. The second-order valence-corrected chi connectivity index (χ2v) is 3.89. The highest BCUT2D eigenvalue weighted by Crippen LogP contribution is 2.07. The molecule has 0 aliphatic heterocycles. The summed E-state index contributed by atoms with van der Waals surface area (Å²) in [6.45, 7) is 6.94. The topological polar surface area (TPSA) is 12.4 Å². The summed E-state index contributed by atoms with van der Waals surface area (Å²) in [4.78, 5) is 4.28. The van der Waals surface area contributed by atoms with Gasteiger partial charge in [0.2, 0.25) is 0 Å². The van der Waals surface area contributed by atoms with Crippen molar-refractivity contribution in [2.75, 3.05) is 6.54 Å². The third-order valence-corrected chi connectivity index (χ3v) is 1.93. The molecular weight excluding hydrogens is 177 g/mol. The molecule has 0 saturated carbocycles. The van der Waals surface area contributed by atoms with Crippen molar-refractivity contribution >= 4 is 6.21 Å². The van der Waals surface area contributed by atoms with Gasteiger partial charge in [0.05, 0.1) is 0 Å². The molecule has 0 bridgehead atoms. The molecule has 1 aromatic carbocycles. The van der Waals surface area contributed by atoms with Gasteiger partial charge in [0.15, 0.2) is 0 Å². The van der Waals surface area contributed by atoms with Gasteiger partial charge in [-0.05, 0) is 36.1 Å². The third kappa shape index (κ3) is 3.29. The molecule has 0 atom stereocenters. The normalized spacial score (nSPS) is 11.5. The van der Waals surface area contributed by atoms with E-state index in [-0.39, 0.29) is 5.82 Å². The summed E-state index contributed by atoms with van der Waals surface area (Å²) in [6.07, 6.45) is 1.81. The highest BCUT2D eigenvalue weighted by Gasteiger charge is 1.96. The molecule has 1 rings (SSSR count). The zero-order chi connectivity index (χ0) is 10.6. The molecule has 0 aliphatic carbocycles. The predicted octanol–water partition coefficient (Wildman–Crippen LogP) is 3.21. The van der Waals surface area contributed by atoms with Gasteiger partial charge < -0.3 is 0 Å². The Morgan fingerprint density at radius 1 is 1.43 bits per heavy atom. The van der Waals surface area contributed by atoms with Crippen LogP contribution in [0, 0.1) is 18.7 Å². The number of hydrogen-bond donors (Lipinski definition) is 0. The van der Waals surface area contributed by atoms with E-state index in [4.69, 9.17) is 0 Å². The van der Waals surface area contributed by atoms with Gasteiger partial charge in [-0.1, -0.05) is 19.9 Å². The fourth-order valence-corrected chi connectivity index (χ4v) is 1.15. The largest absolute Gasteiger partial charge is 0.292 e. The minimum Gasteiger partial charge on any atom is -0.292 e. The van der Waals surface area contributed by atoms with Gasteiger partial charge in [-0.15, -0.1) is 0 Å². The third-order valence-electron chi connectivity index (χ3n) is 1.93. The molecule has 76 valence electrons. The lowest BCUT2D eigenvalue weighted by Gasteiger charge is -2.00. The van der Waals surface area contributed by atoms with Crippen LogP contribution in [0.25, 0.3) is 0 Å². The molecule has 0 heterocycles. The van der Waals surface area contributed by atoms with E-state index in [0.29, 0.717) is 5.92 Å². The number of benzene rings is 1. The number of aliphatic imine (C=N–C) groups is 1. The first kappa shape index (κ1) is 10.9. The number of hydrogen-bond acceptors (Lipinski definition) is 1. The van der Waals surface area contributed by atoms with Crippen LogP contribution in [0.1, 0.15) is 25.0 Å². The van der Waals surface area contributed by atoms with E-state index in [2.05, 4.69) is 18.8 Å². The van der Waals surface area contributed by atoms with Gasteiger partial charge in [0, 0.05) is 12.8 Å². The molecule has 1 nitrogen and oxygen atoms in total. The smallest absolute Gasteiger partial charge is 0.123 e. The van der Waals surface area contributed by atoms with E-state index >= 15 is 0 Å². The Balaban J connectivity index is 2.72. The summed E-state index contributed by atoms with van der Waals surface area (Å²) in [7, 11) is 0. The number of rotatable bonds is 3. The maximum absolute atomic E-state index is 12.8. The first-order valence-electron chi connectivity index (χ1n) is 4.85. The molecule has 2 heteroatoms. The fraction of sp³-hybridized carbons (Fsp3) is 0.417. The summed E-state index contributed by atoms with van der Waals surface area (Å²) in [5.41, 5.74) is 1.92. The van der Waals surface area contributed by atoms with Gasteiger partial charge in [0.1, 0.15) is 5.82 Å². The molecule has 14 heavy (non-hydrogen) atoms. The zero-order valence-electron chi connectivity index (χ0n) is 8.92. The Hall–Kier alpha value is -1.18. The lowest BCUT2D eigenvalue weighted by Crippen LogP contribution is -1.94. The Morgan fingerprint density at radius 2 is 2.14 bits per heavy atom. The van der Waals surface area contributed by atoms with Crippen LogP contribution in [-0.2, 0) is 0 Å². The van der Waals surface area contributed by atoms with Gasteiger partial charge in [-0.25, -0.2) is 4.39 Å². The number of aryl methyl sites for hydroxylation is 1. The van der Waals surface area contributed by atoms with E-state index < -0.39 is 0 Å². The minimum atomic E-state index is -0.191. The number of halogens is 1. The fourth-order valence-electron chi connectivity index (χ4n) is 1.15. The Bertz CT molecular complexity index is 329. The molecule has 0 fully saturated rings. The first-order valence-corrected chi connectivity index (χ1v) is 4.85. The molecule has 0 unspecified atom stereocenters.